The van der Waals surface area contributed by atoms with Gasteiger partial charge in [-0.1, -0.05) is 163 Å². The summed E-state index contributed by atoms with van der Waals surface area (Å²) in [7, 11) is 0. The number of para-hydroxylation sites is 1. The standard InChI is InChI=1S/C75H65N3/c1-50-23-34-68(35-24-50)78-73-22-16-15-21-71(73)75(72-45-51(2)25-44-74(72)78,62-30-40-66(41-31-62)76(69-46-52(3)56(7)53(4)47-69)64-36-26-60(27-37-64)58-17-11-9-12-18-58)63-32-42-67(43-33-63)77(70-48-54(5)57(8)55(6)49-70)65-38-28-61(29-39-65)59-19-13-10-14-20-59/h9-49H,1-8H3. The van der Waals surface area contributed by atoms with Crippen LogP contribution in [0, 0.1) is 55.4 Å². The van der Waals surface area contributed by atoms with Crippen molar-refractivity contribution in [3.05, 3.63) is 315 Å². The Kier molecular flexibility index (Phi) is 13.0. The quantitative estimate of drug-likeness (QED) is 0.128. The Morgan fingerprint density at radius 3 is 1.08 bits per heavy atom. The second kappa shape index (κ2) is 20.4. The van der Waals surface area contributed by atoms with E-state index in [1.54, 1.807) is 0 Å². The van der Waals surface area contributed by atoms with Crippen LogP contribution in [0.15, 0.2) is 249 Å². The molecule has 3 heteroatoms. The predicted molar refractivity (Wildman–Crippen MR) is 331 cm³/mol. The van der Waals surface area contributed by atoms with Gasteiger partial charge in [0.25, 0.3) is 0 Å². The largest absolute Gasteiger partial charge is 0.310 e. The van der Waals surface area contributed by atoms with Crippen LogP contribution < -0.4 is 14.7 Å². The van der Waals surface area contributed by atoms with Crippen molar-refractivity contribution in [2.24, 2.45) is 0 Å². The molecule has 0 unspecified atom stereocenters. The second-order valence-corrected chi connectivity index (χ2v) is 21.5. The minimum atomic E-state index is -0.728. The monoisotopic (exact) mass is 1010 g/mol. The molecule has 0 amide bonds. The fraction of sp³-hybridized carbons (Fsp3) is 0.120. The summed E-state index contributed by atoms with van der Waals surface area (Å²) in [5.41, 5.74) is 29.2. The van der Waals surface area contributed by atoms with E-state index in [2.05, 4.69) is 319 Å². The Hall–Kier alpha value is -9.18. The molecule has 0 bridgehead atoms. The van der Waals surface area contributed by atoms with Gasteiger partial charge in [0, 0.05) is 39.8 Å². The van der Waals surface area contributed by atoms with Crippen LogP contribution in [0.1, 0.15) is 66.8 Å². The Morgan fingerprint density at radius 1 is 0.282 bits per heavy atom. The molecule has 0 radical (unpaired) electrons. The minimum absolute atomic E-state index is 0.728. The lowest BCUT2D eigenvalue weighted by Gasteiger charge is -2.47. The molecule has 0 aliphatic carbocycles. The van der Waals surface area contributed by atoms with Crippen molar-refractivity contribution in [1.82, 2.24) is 0 Å². The van der Waals surface area contributed by atoms with Crippen LogP contribution in [0.4, 0.5) is 51.2 Å². The highest BCUT2D eigenvalue weighted by Gasteiger charge is 2.47. The zero-order chi connectivity index (χ0) is 53.7. The van der Waals surface area contributed by atoms with Crippen molar-refractivity contribution in [3.63, 3.8) is 0 Å². The lowest BCUT2D eigenvalue weighted by molar-refractivity contribution is 0.730. The maximum atomic E-state index is 2.47. The number of hydrogen-bond donors (Lipinski definition) is 0. The van der Waals surface area contributed by atoms with Crippen molar-refractivity contribution >= 4 is 51.2 Å². The molecule has 0 saturated heterocycles. The number of anilines is 9. The number of rotatable bonds is 11. The van der Waals surface area contributed by atoms with Crippen molar-refractivity contribution < 1.29 is 0 Å². The Balaban J connectivity index is 1.06. The molecule has 12 rings (SSSR count). The van der Waals surface area contributed by atoms with Crippen molar-refractivity contribution in [2.45, 2.75) is 60.8 Å². The van der Waals surface area contributed by atoms with E-state index in [4.69, 9.17) is 0 Å². The Labute approximate surface area is 462 Å². The number of benzene rings is 11. The van der Waals surface area contributed by atoms with E-state index in [0.717, 1.165) is 51.2 Å². The molecule has 3 nitrogen and oxygen atoms in total. The van der Waals surface area contributed by atoms with Gasteiger partial charge < -0.3 is 14.7 Å². The van der Waals surface area contributed by atoms with Crippen LogP contribution in [0.3, 0.4) is 0 Å². The molecular weight excluding hydrogens is 943 g/mol. The lowest BCUT2D eigenvalue weighted by Crippen LogP contribution is -2.38. The van der Waals surface area contributed by atoms with Crippen LogP contribution in [-0.4, -0.2) is 0 Å². The maximum Gasteiger partial charge on any atom is 0.0742 e. The lowest BCUT2D eigenvalue weighted by atomic mass is 9.62. The zero-order valence-electron chi connectivity index (χ0n) is 46.0. The average Bonchev–Trinajstić information content (AvgIpc) is 3.06. The SMILES string of the molecule is Cc1ccc(N2c3ccccc3C(c3ccc(N(c4ccc(-c5ccccc5)cc4)c4cc(C)c(C)c(C)c4)cc3)(c3ccc(N(c4ccc(-c5ccccc5)cc4)c4cc(C)c(C)c(C)c4)cc3)c3cc(C)ccc32)cc1. The first-order chi connectivity index (χ1) is 38.0. The first kappa shape index (κ1) is 49.7. The van der Waals surface area contributed by atoms with Gasteiger partial charge in [0.2, 0.25) is 0 Å². The molecule has 0 spiro atoms. The fourth-order valence-corrected chi connectivity index (χ4v) is 11.9. The molecule has 0 atom stereocenters. The highest BCUT2D eigenvalue weighted by Crippen LogP contribution is 2.58. The van der Waals surface area contributed by atoms with E-state index in [1.165, 1.54) is 89.0 Å². The van der Waals surface area contributed by atoms with E-state index < -0.39 is 5.41 Å². The predicted octanol–water partition coefficient (Wildman–Crippen LogP) is 20.6. The summed E-state index contributed by atoms with van der Waals surface area (Å²) in [5, 5.41) is 0. The van der Waals surface area contributed by atoms with Crippen LogP contribution in [0.5, 0.6) is 0 Å². The number of nitrogens with zero attached hydrogens (tertiary/aromatic N) is 3. The summed E-state index contributed by atoms with van der Waals surface area (Å²) >= 11 is 0. The number of aryl methyl sites for hydroxylation is 6. The van der Waals surface area contributed by atoms with Crippen molar-refractivity contribution in [2.75, 3.05) is 14.7 Å². The number of fused-ring (bicyclic) bond motifs is 2. The van der Waals surface area contributed by atoms with Crippen LogP contribution >= 0.6 is 0 Å². The summed E-state index contributed by atoms with van der Waals surface area (Å²) in [5.74, 6) is 0. The average molecular weight is 1010 g/mol. The summed E-state index contributed by atoms with van der Waals surface area (Å²) in [4.78, 5) is 7.30. The maximum absolute atomic E-state index is 2.47. The molecule has 1 heterocycles. The molecule has 380 valence electrons. The van der Waals surface area contributed by atoms with E-state index in [9.17, 15) is 0 Å². The molecule has 0 fully saturated rings. The third kappa shape index (κ3) is 8.85. The molecular formula is C75H65N3. The fourth-order valence-electron chi connectivity index (χ4n) is 11.9. The Bertz CT molecular complexity index is 3720. The van der Waals surface area contributed by atoms with E-state index in [0.29, 0.717) is 0 Å². The van der Waals surface area contributed by atoms with Gasteiger partial charge in [0.05, 0.1) is 16.8 Å². The minimum Gasteiger partial charge on any atom is -0.310 e. The molecule has 1 aliphatic rings. The van der Waals surface area contributed by atoms with Gasteiger partial charge >= 0.3 is 0 Å². The summed E-state index contributed by atoms with van der Waals surface area (Å²) < 4.78 is 0. The van der Waals surface area contributed by atoms with Gasteiger partial charge in [0.15, 0.2) is 0 Å². The van der Waals surface area contributed by atoms with Crippen LogP contribution in [-0.2, 0) is 5.41 Å². The molecule has 11 aromatic rings. The van der Waals surface area contributed by atoms with E-state index in [1.807, 2.05) is 0 Å². The summed E-state index contributed by atoms with van der Waals surface area (Å²) in [6, 6.07) is 92.7. The third-order valence-electron chi connectivity index (χ3n) is 16.6. The highest BCUT2D eigenvalue weighted by molar-refractivity contribution is 5.91. The third-order valence-corrected chi connectivity index (χ3v) is 16.6. The van der Waals surface area contributed by atoms with Crippen LogP contribution in [0.2, 0.25) is 0 Å². The van der Waals surface area contributed by atoms with Gasteiger partial charge in [-0.3, -0.25) is 0 Å². The van der Waals surface area contributed by atoms with Gasteiger partial charge in [-0.2, -0.15) is 0 Å². The van der Waals surface area contributed by atoms with Crippen LogP contribution in [0.25, 0.3) is 22.3 Å². The number of hydrogen-bond acceptors (Lipinski definition) is 3. The summed E-state index contributed by atoms with van der Waals surface area (Å²) in [6.07, 6.45) is 0. The smallest absolute Gasteiger partial charge is 0.0742 e. The molecule has 78 heavy (non-hydrogen) atoms. The molecule has 1 aliphatic heterocycles. The molecule has 11 aromatic carbocycles. The topological polar surface area (TPSA) is 9.72 Å². The zero-order valence-corrected chi connectivity index (χ0v) is 46.0. The molecule has 0 aromatic heterocycles. The van der Waals surface area contributed by atoms with Crippen molar-refractivity contribution in [3.8, 4) is 22.3 Å². The second-order valence-electron chi connectivity index (χ2n) is 21.5. The van der Waals surface area contributed by atoms with Crippen molar-refractivity contribution in [1.29, 1.82) is 0 Å². The Morgan fingerprint density at radius 2 is 0.641 bits per heavy atom. The highest BCUT2D eigenvalue weighted by atomic mass is 15.2. The summed E-state index contributed by atoms with van der Waals surface area (Å²) in [6.45, 7) is 17.7. The van der Waals surface area contributed by atoms with Gasteiger partial charge in [0.1, 0.15) is 0 Å². The first-order valence-corrected chi connectivity index (χ1v) is 27.3. The van der Waals surface area contributed by atoms with Gasteiger partial charge in [-0.05, 0) is 230 Å². The molecule has 0 saturated carbocycles. The van der Waals surface area contributed by atoms with Gasteiger partial charge in [-0.15, -0.1) is 0 Å². The normalized spacial score (nSPS) is 12.4. The van der Waals surface area contributed by atoms with Gasteiger partial charge in [-0.25, -0.2) is 0 Å². The first-order valence-electron chi connectivity index (χ1n) is 27.3. The van der Waals surface area contributed by atoms with E-state index in [-0.39, 0.29) is 0 Å². The molecule has 0 N–H and O–H groups in total. The van der Waals surface area contributed by atoms with E-state index >= 15 is 0 Å².